The van der Waals surface area contributed by atoms with E-state index in [1.54, 1.807) is 32.8 Å². The normalized spacial score (nSPS) is 20.1. The SMILES string of the molecule is CCC(C)n1ncn(-c2ccc(N3CCN(c4ccc(OC[C@@H]5CO[C@@](Cn6nccn6)(c6ccc(Cl)cc6C)O5)cc4)CC3)cc2)c1=O. The number of aryl methyl sites for hydroxylation is 1. The molecule has 3 aromatic carbocycles. The van der Waals surface area contributed by atoms with E-state index in [0.29, 0.717) is 24.8 Å². The third-order valence-electron chi connectivity index (χ3n) is 9.39. The Balaban J connectivity index is 0.925. The first-order valence-electron chi connectivity index (χ1n) is 16.7. The Labute approximate surface area is 290 Å². The van der Waals surface area contributed by atoms with Crippen LogP contribution in [-0.2, 0) is 21.8 Å². The maximum absolute atomic E-state index is 12.8. The van der Waals surface area contributed by atoms with Crippen LogP contribution < -0.4 is 20.2 Å². The van der Waals surface area contributed by atoms with Gasteiger partial charge in [-0.3, -0.25) is 0 Å². The van der Waals surface area contributed by atoms with E-state index in [1.165, 1.54) is 0 Å². The number of hydrogen-bond donors (Lipinski definition) is 0. The van der Waals surface area contributed by atoms with Crippen molar-refractivity contribution >= 4 is 23.0 Å². The molecular weight excluding hydrogens is 644 g/mol. The van der Waals surface area contributed by atoms with Crippen molar-refractivity contribution in [3.05, 3.63) is 112 Å². The molecule has 0 saturated carbocycles. The molecule has 4 heterocycles. The van der Waals surface area contributed by atoms with Gasteiger partial charge in [-0.05, 0) is 86.5 Å². The highest BCUT2D eigenvalue weighted by molar-refractivity contribution is 6.30. The van der Waals surface area contributed by atoms with E-state index in [4.69, 9.17) is 25.8 Å². The van der Waals surface area contributed by atoms with Crippen LogP contribution in [0.5, 0.6) is 5.75 Å². The first-order valence-corrected chi connectivity index (χ1v) is 17.1. The molecule has 2 aliphatic rings. The minimum Gasteiger partial charge on any atom is -0.491 e. The second-order valence-electron chi connectivity index (χ2n) is 12.6. The molecule has 0 aliphatic carbocycles. The molecule has 1 unspecified atom stereocenters. The summed E-state index contributed by atoms with van der Waals surface area (Å²) in [4.78, 5) is 19.1. The monoisotopic (exact) mass is 684 g/mol. The summed E-state index contributed by atoms with van der Waals surface area (Å²) in [5.74, 6) is -0.277. The van der Waals surface area contributed by atoms with Crippen LogP contribution in [0.3, 0.4) is 0 Å². The van der Waals surface area contributed by atoms with Crippen LogP contribution in [0.15, 0.2) is 90.2 Å². The van der Waals surface area contributed by atoms with Crippen molar-refractivity contribution in [1.29, 1.82) is 0 Å². The van der Waals surface area contributed by atoms with E-state index >= 15 is 0 Å². The van der Waals surface area contributed by atoms with Gasteiger partial charge in [0.2, 0.25) is 5.79 Å². The number of hydrogen-bond acceptors (Lipinski definition) is 9. The largest absolute Gasteiger partial charge is 0.491 e. The van der Waals surface area contributed by atoms with Crippen molar-refractivity contribution in [2.75, 3.05) is 49.2 Å². The lowest BCUT2D eigenvalue weighted by atomic mass is 10.00. The second kappa shape index (κ2) is 14.1. The van der Waals surface area contributed by atoms with E-state index in [0.717, 1.165) is 66.5 Å². The van der Waals surface area contributed by atoms with Gasteiger partial charge in [0, 0.05) is 48.1 Å². The Morgan fingerprint density at radius 1 is 0.918 bits per heavy atom. The summed E-state index contributed by atoms with van der Waals surface area (Å²) in [5, 5.41) is 13.5. The molecular formula is C36H41ClN8O4. The highest BCUT2D eigenvalue weighted by Gasteiger charge is 2.45. The summed E-state index contributed by atoms with van der Waals surface area (Å²) >= 11 is 6.24. The molecule has 0 N–H and O–H groups in total. The van der Waals surface area contributed by atoms with E-state index in [-0.39, 0.29) is 17.8 Å². The highest BCUT2D eigenvalue weighted by Crippen LogP contribution is 2.38. The molecule has 0 bridgehead atoms. The lowest BCUT2D eigenvalue weighted by molar-refractivity contribution is -0.192. The zero-order valence-corrected chi connectivity index (χ0v) is 28.7. The fourth-order valence-corrected chi connectivity index (χ4v) is 6.71. The topological polar surface area (TPSA) is 105 Å². The van der Waals surface area contributed by atoms with Gasteiger partial charge in [-0.25, -0.2) is 14.0 Å². The summed E-state index contributed by atoms with van der Waals surface area (Å²) in [7, 11) is 0. The van der Waals surface area contributed by atoms with E-state index in [1.807, 2.05) is 56.3 Å². The van der Waals surface area contributed by atoms with Gasteiger partial charge in [-0.15, -0.1) is 0 Å². The number of ether oxygens (including phenoxy) is 3. The highest BCUT2D eigenvalue weighted by atomic mass is 35.5. The zero-order chi connectivity index (χ0) is 34.0. The van der Waals surface area contributed by atoms with Crippen molar-refractivity contribution in [2.45, 2.75) is 51.7 Å². The zero-order valence-electron chi connectivity index (χ0n) is 28.0. The molecule has 13 heteroatoms. The van der Waals surface area contributed by atoms with Gasteiger partial charge in [-0.2, -0.15) is 20.1 Å². The van der Waals surface area contributed by atoms with E-state index < -0.39 is 5.79 Å². The van der Waals surface area contributed by atoms with Crippen molar-refractivity contribution in [3.63, 3.8) is 0 Å². The molecule has 3 atom stereocenters. The smallest absolute Gasteiger partial charge is 0.350 e. The Kier molecular flexibility index (Phi) is 9.44. The van der Waals surface area contributed by atoms with Crippen molar-refractivity contribution in [2.24, 2.45) is 0 Å². The molecule has 0 spiro atoms. The van der Waals surface area contributed by atoms with Crippen molar-refractivity contribution in [1.82, 2.24) is 29.3 Å². The third-order valence-corrected chi connectivity index (χ3v) is 9.62. The molecule has 256 valence electrons. The predicted molar refractivity (Wildman–Crippen MR) is 188 cm³/mol. The number of anilines is 2. The van der Waals surface area contributed by atoms with Crippen LogP contribution in [-0.4, -0.2) is 74.8 Å². The van der Waals surface area contributed by atoms with Crippen LogP contribution in [0.2, 0.25) is 5.02 Å². The number of piperazine rings is 1. The van der Waals surface area contributed by atoms with Gasteiger partial charge >= 0.3 is 5.69 Å². The van der Waals surface area contributed by atoms with Gasteiger partial charge in [-0.1, -0.05) is 24.6 Å². The van der Waals surface area contributed by atoms with Crippen LogP contribution in [0, 0.1) is 6.92 Å². The van der Waals surface area contributed by atoms with Gasteiger partial charge < -0.3 is 24.0 Å². The maximum Gasteiger partial charge on any atom is 0.350 e. The molecule has 0 radical (unpaired) electrons. The van der Waals surface area contributed by atoms with Gasteiger partial charge in [0.1, 0.15) is 31.3 Å². The van der Waals surface area contributed by atoms with Crippen molar-refractivity contribution in [3.8, 4) is 11.4 Å². The molecule has 2 aromatic heterocycles. The summed E-state index contributed by atoms with van der Waals surface area (Å²) in [5.41, 5.74) is 4.86. The quantitative estimate of drug-likeness (QED) is 0.185. The first kappa shape index (κ1) is 32.9. The summed E-state index contributed by atoms with van der Waals surface area (Å²) in [6.45, 7) is 10.6. The summed E-state index contributed by atoms with van der Waals surface area (Å²) in [6.07, 6.45) is 5.45. The van der Waals surface area contributed by atoms with Gasteiger partial charge in [0.15, 0.2) is 0 Å². The Morgan fingerprint density at radius 3 is 2.18 bits per heavy atom. The first-order chi connectivity index (χ1) is 23.8. The van der Waals surface area contributed by atoms with Gasteiger partial charge in [0.25, 0.3) is 0 Å². The average Bonchev–Trinajstić information content (AvgIpc) is 3.88. The number of halogens is 1. The fourth-order valence-electron chi connectivity index (χ4n) is 6.48. The third kappa shape index (κ3) is 6.94. The Hall–Kier alpha value is -4.65. The molecule has 2 aliphatic heterocycles. The number of benzene rings is 3. The standard InChI is InChI=1S/C36H41ClN8O4/c1-4-27(3)45-35(46)43(25-40-45)31-8-6-29(7-9-31)41-17-19-42(20-18-41)30-10-12-32(13-11-30)47-22-33-23-48-36(49-33,24-44-38-15-16-39-44)34-14-5-28(37)21-26(34)2/h5-16,21,25,27,33H,4,17-20,22-24H2,1-3H3/t27?,33-,36-/m1/s1. The summed E-state index contributed by atoms with van der Waals surface area (Å²) in [6, 6.07) is 22.1. The van der Waals surface area contributed by atoms with E-state index in [9.17, 15) is 4.79 Å². The minimum absolute atomic E-state index is 0.0680. The fraction of sp³-hybridized carbons (Fsp3) is 0.389. The van der Waals surface area contributed by atoms with Gasteiger partial charge in [0.05, 0.1) is 30.7 Å². The minimum atomic E-state index is -1.05. The van der Waals surface area contributed by atoms with Crippen LogP contribution >= 0.6 is 11.6 Å². The molecule has 49 heavy (non-hydrogen) atoms. The Morgan fingerprint density at radius 2 is 1.55 bits per heavy atom. The molecule has 5 aromatic rings. The number of nitrogens with zero attached hydrogens (tertiary/aromatic N) is 8. The average molecular weight is 685 g/mol. The molecule has 2 saturated heterocycles. The van der Waals surface area contributed by atoms with Crippen LogP contribution in [0.25, 0.3) is 5.69 Å². The summed E-state index contributed by atoms with van der Waals surface area (Å²) < 4.78 is 22.2. The number of aromatic nitrogens is 6. The van der Waals surface area contributed by atoms with Crippen LogP contribution in [0.1, 0.15) is 37.4 Å². The second-order valence-corrected chi connectivity index (χ2v) is 13.0. The molecule has 2 fully saturated rings. The van der Waals surface area contributed by atoms with E-state index in [2.05, 4.69) is 56.3 Å². The predicted octanol–water partition coefficient (Wildman–Crippen LogP) is 5.23. The molecule has 0 amide bonds. The molecule has 7 rings (SSSR count). The molecule has 12 nitrogen and oxygen atoms in total. The van der Waals surface area contributed by atoms with Crippen LogP contribution in [0.4, 0.5) is 11.4 Å². The number of rotatable bonds is 11. The lowest BCUT2D eigenvalue weighted by Crippen LogP contribution is -2.46. The van der Waals surface area contributed by atoms with Crippen molar-refractivity contribution < 1.29 is 14.2 Å². The Bertz CT molecular complexity index is 1900. The maximum atomic E-state index is 12.8. The lowest BCUT2D eigenvalue weighted by Gasteiger charge is -2.37.